The number of H-pyrrole nitrogens is 1. The van der Waals surface area contributed by atoms with Crippen molar-refractivity contribution in [3.05, 3.63) is 45.0 Å². The number of hydrogen-bond acceptors (Lipinski definition) is 2. The molecule has 0 unspecified atom stereocenters. The minimum atomic E-state index is -0.182. The molecule has 0 radical (unpaired) electrons. The smallest absolute Gasteiger partial charge is 0.330 e. The highest BCUT2D eigenvalue weighted by Crippen LogP contribution is 2.25. The minimum absolute atomic E-state index is 0.182. The van der Waals surface area contributed by atoms with Crippen molar-refractivity contribution in [1.29, 1.82) is 0 Å². The summed E-state index contributed by atoms with van der Waals surface area (Å²) in [4.78, 5) is 14.0. The Hall–Kier alpha value is -1.49. The van der Waals surface area contributed by atoms with Gasteiger partial charge in [-0.25, -0.2) is 4.79 Å². The van der Waals surface area contributed by atoms with Crippen LogP contribution in [0.5, 0.6) is 0 Å². The van der Waals surface area contributed by atoms with E-state index in [4.69, 9.17) is 5.73 Å². The number of anilines is 1. The molecule has 0 aliphatic heterocycles. The number of hydrogen-bond donors (Lipinski definition) is 2. The van der Waals surface area contributed by atoms with E-state index in [1.54, 1.807) is 18.5 Å². The summed E-state index contributed by atoms with van der Waals surface area (Å²) in [6.07, 6.45) is 3.25. The Morgan fingerprint density at radius 1 is 1.47 bits per heavy atom. The zero-order valence-electron chi connectivity index (χ0n) is 8.12. The molecule has 0 aliphatic carbocycles. The summed E-state index contributed by atoms with van der Waals surface area (Å²) in [6, 6.07) is 3.67. The minimum Gasteiger partial charge on any atom is -0.398 e. The first-order chi connectivity index (χ1) is 7.09. The van der Waals surface area contributed by atoms with Crippen molar-refractivity contribution in [2.75, 3.05) is 5.73 Å². The summed E-state index contributed by atoms with van der Waals surface area (Å²) in [5.41, 5.74) is 8.01. The number of aryl methyl sites for hydroxylation is 1. The summed E-state index contributed by atoms with van der Waals surface area (Å²) >= 11 is 3.41. The number of aromatic nitrogens is 2. The van der Waals surface area contributed by atoms with E-state index in [1.165, 1.54) is 4.57 Å². The van der Waals surface area contributed by atoms with Gasteiger partial charge in [0.15, 0.2) is 0 Å². The Balaban J connectivity index is 2.69. The van der Waals surface area contributed by atoms with Crippen LogP contribution in [0.25, 0.3) is 5.69 Å². The van der Waals surface area contributed by atoms with Crippen LogP contribution in [-0.2, 0) is 0 Å². The Morgan fingerprint density at radius 2 is 2.20 bits per heavy atom. The second-order valence-corrected chi connectivity index (χ2v) is 4.15. The lowest BCUT2D eigenvalue weighted by atomic mass is 10.2. The second kappa shape index (κ2) is 3.58. The topological polar surface area (TPSA) is 63.8 Å². The van der Waals surface area contributed by atoms with E-state index in [1.807, 2.05) is 13.0 Å². The highest BCUT2D eigenvalue weighted by Gasteiger charge is 2.07. The molecule has 0 saturated carbocycles. The number of aromatic amines is 1. The first-order valence-electron chi connectivity index (χ1n) is 4.41. The van der Waals surface area contributed by atoms with Crippen molar-refractivity contribution in [3.8, 4) is 5.69 Å². The molecular weight excluding hydrogens is 258 g/mol. The molecule has 4 nitrogen and oxygen atoms in total. The van der Waals surface area contributed by atoms with E-state index < -0.39 is 0 Å². The van der Waals surface area contributed by atoms with Crippen molar-refractivity contribution in [1.82, 2.24) is 9.55 Å². The molecule has 1 aromatic heterocycles. The molecule has 1 aromatic carbocycles. The maximum Gasteiger partial charge on any atom is 0.330 e. The van der Waals surface area contributed by atoms with Gasteiger partial charge in [0.1, 0.15) is 0 Å². The second-order valence-electron chi connectivity index (χ2n) is 3.30. The van der Waals surface area contributed by atoms with Crippen LogP contribution < -0.4 is 11.4 Å². The number of halogens is 1. The van der Waals surface area contributed by atoms with Crippen LogP contribution in [0.1, 0.15) is 5.56 Å². The predicted molar refractivity (Wildman–Crippen MR) is 63.2 cm³/mol. The van der Waals surface area contributed by atoms with Gasteiger partial charge in [-0.15, -0.1) is 0 Å². The molecule has 15 heavy (non-hydrogen) atoms. The van der Waals surface area contributed by atoms with Gasteiger partial charge in [0.2, 0.25) is 0 Å². The van der Waals surface area contributed by atoms with Gasteiger partial charge in [-0.2, -0.15) is 0 Å². The summed E-state index contributed by atoms with van der Waals surface area (Å²) in [5.74, 6) is 0. The highest BCUT2D eigenvalue weighted by molar-refractivity contribution is 9.10. The third-order valence-electron chi connectivity index (χ3n) is 2.24. The van der Waals surface area contributed by atoms with E-state index in [0.717, 1.165) is 15.7 Å². The predicted octanol–water partition coefficient (Wildman–Crippen LogP) is 1.82. The molecule has 0 fully saturated rings. The van der Waals surface area contributed by atoms with Crippen molar-refractivity contribution >= 4 is 21.6 Å². The van der Waals surface area contributed by atoms with Gasteiger partial charge in [0.25, 0.3) is 0 Å². The zero-order chi connectivity index (χ0) is 11.0. The van der Waals surface area contributed by atoms with Crippen molar-refractivity contribution in [2.24, 2.45) is 0 Å². The Labute approximate surface area is 94.9 Å². The lowest BCUT2D eigenvalue weighted by Crippen LogP contribution is -2.14. The number of nitrogen functional groups attached to an aromatic ring is 1. The number of nitrogens with two attached hydrogens (primary N) is 1. The lowest BCUT2D eigenvalue weighted by molar-refractivity contribution is 0.981. The van der Waals surface area contributed by atoms with E-state index in [0.29, 0.717) is 5.69 Å². The number of benzene rings is 1. The van der Waals surface area contributed by atoms with E-state index >= 15 is 0 Å². The average Bonchev–Trinajstić information content (AvgIpc) is 2.58. The molecule has 0 amide bonds. The van der Waals surface area contributed by atoms with Crippen molar-refractivity contribution in [3.63, 3.8) is 0 Å². The molecule has 0 atom stereocenters. The van der Waals surface area contributed by atoms with Gasteiger partial charge in [0, 0.05) is 22.6 Å². The summed E-state index contributed by atoms with van der Waals surface area (Å²) in [5, 5.41) is 0. The Bertz CT molecular complexity index is 556. The zero-order valence-corrected chi connectivity index (χ0v) is 9.71. The molecule has 0 bridgehead atoms. The summed E-state index contributed by atoms with van der Waals surface area (Å²) < 4.78 is 2.34. The largest absolute Gasteiger partial charge is 0.398 e. The monoisotopic (exact) mass is 267 g/mol. The first kappa shape index (κ1) is 10.0. The maximum atomic E-state index is 11.4. The van der Waals surface area contributed by atoms with Crippen molar-refractivity contribution in [2.45, 2.75) is 6.92 Å². The summed E-state index contributed by atoms with van der Waals surface area (Å²) in [6.45, 7) is 1.92. The van der Waals surface area contributed by atoms with Crippen LogP contribution in [0.4, 0.5) is 5.69 Å². The van der Waals surface area contributed by atoms with E-state index in [9.17, 15) is 4.79 Å². The molecule has 78 valence electrons. The molecule has 3 N–H and O–H groups in total. The summed E-state index contributed by atoms with van der Waals surface area (Å²) in [7, 11) is 0. The molecule has 0 aliphatic rings. The molecule has 0 spiro atoms. The quantitative estimate of drug-likeness (QED) is 0.775. The average molecular weight is 268 g/mol. The van der Waals surface area contributed by atoms with Crippen LogP contribution in [0, 0.1) is 6.92 Å². The Kier molecular flexibility index (Phi) is 2.40. The maximum absolute atomic E-state index is 11.4. The Morgan fingerprint density at radius 3 is 2.80 bits per heavy atom. The number of imidazole rings is 1. The SMILES string of the molecule is Cc1cc(Br)c(-n2cc[nH]c2=O)cc1N. The number of rotatable bonds is 1. The molecule has 2 rings (SSSR count). The van der Waals surface area contributed by atoms with Crippen LogP contribution in [0.2, 0.25) is 0 Å². The van der Waals surface area contributed by atoms with Crippen LogP contribution in [0.15, 0.2) is 33.8 Å². The lowest BCUT2D eigenvalue weighted by Gasteiger charge is -2.08. The molecule has 2 aromatic rings. The van der Waals surface area contributed by atoms with Gasteiger partial charge in [-0.1, -0.05) is 0 Å². The van der Waals surface area contributed by atoms with E-state index in [2.05, 4.69) is 20.9 Å². The third kappa shape index (κ3) is 1.70. The van der Waals surface area contributed by atoms with Crippen molar-refractivity contribution < 1.29 is 0 Å². The molecule has 1 heterocycles. The van der Waals surface area contributed by atoms with Gasteiger partial charge in [0.05, 0.1) is 5.69 Å². The van der Waals surface area contributed by atoms with E-state index in [-0.39, 0.29) is 5.69 Å². The van der Waals surface area contributed by atoms with Crippen LogP contribution in [-0.4, -0.2) is 9.55 Å². The molecule has 5 heteroatoms. The van der Waals surface area contributed by atoms with Crippen LogP contribution >= 0.6 is 15.9 Å². The molecule has 0 saturated heterocycles. The normalized spacial score (nSPS) is 10.5. The van der Waals surface area contributed by atoms with Gasteiger partial charge < -0.3 is 10.7 Å². The van der Waals surface area contributed by atoms with Gasteiger partial charge in [-0.05, 0) is 40.5 Å². The fraction of sp³-hybridized carbons (Fsp3) is 0.100. The fourth-order valence-corrected chi connectivity index (χ4v) is 2.02. The number of nitrogens with one attached hydrogen (secondary N) is 1. The first-order valence-corrected chi connectivity index (χ1v) is 5.21. The molecular formula is C10H10BrN3O. The van der Waals surface area contributed by atoms with Gasteiger partial charge >= 0.3 is 5.69 Å². The number of nitrogens with zero attached hydrogens (tertiary/aromatic N) is 1. The fourth-order valence-electron chi connectivity index (χ4n) is 1.37. The highest BCUT2D eigenvalue weighted by atomic mass is 79.9. The third-order valence-corrected chi connectivity index (χ3v) is 2.88. The van der Waals surface area contributed by atoms with Crippen LogP contribution in [0.3, 0.4) is 0 Å². The van der Waals surface area contributed by atoms with Gasteiger partial charge in [-0.3, -0.25) is 4.57 Å². The standard InChI is InChI=1S/C10H10BrN3O/c1-6-4-7(11)9(5-8(6)12)14-3-2-13-10(14)15/h2-5H,12H2,1H3,(H,13,15).